The molecule has 0 aliphatic carbocycles. The Bertz CT molecular complexity index is 849. The number of aryl methyl sites for hydroxylation is 1. The maximum absolute atomic E-state index is 11.4. The van der Waals surface area contributed by atoms with Gasteiger partial charge in [0.2, 0.25) is 0 Å². The number of hydrogen-bond donors (Lipinski definition) is 2. The van der Waals surface area contributed by atoms with Crippen LogP contribution in [0.25, 0.3) is 10.9 Å². The van der Waals surface area contributed by atoms with Gasteiger partial charge in [-0.25, -0.2) is 4.79 Å². The molecule has 5 nitrogen and oxygen atoms in total. The number of phenols is 1. The topological polar surface area (TPSA) is 71.7 Å². The van der Waals surface area contributed by atoms with Gasteiger partial charge in [-0.15, -0.1) is 0 Å². The van der Waals surface area contributed by atoms with Crippen molar-refractivity contribution in [1.29, 1.82) is 0 Å². The van der Waals surface area contributed by atoms with E-state index in [0.29, 0.717) is 23.3 Å². The summed E-state index contributed by atoms with van der Waals surface area (Å²) in [6.07, 6.45) is 0. The summed E-state index contributed by atoms with van der Waals surface area (Å²) >= 11 is 0. The highest BCUT2D eigenvalue weighted by molar-refractivity contribution is 6.03. The Hall–Kier alpha value is -2.95. The molecule has 0 fully saturated rings. The normalized spacial score (nSPS) is 10.8. The van der Waals surface area contributed by atoms with Crippen molar-refractivity contribution in [2.75, 3.05) is 0 Å². The van der Waals surface area contributed by atoms with Gasteiger partial charge in [0.15, 0.2) is 0 Å². The predicted octanol–water partition coefficient (Wildman–Crippen LogP) is 3.64. The van der Waals surface area contributed by atoms with Gasteiger partial charge in [0.25, 0.3) is 0 Å². The summed E-state index contributed by atoms with van der Waals surface area (Å²) in [5.41, 5.74) is 2.08. The number of hydrogen-bond acceptors (Lipinski definition) is 3. The van der Waals surface area contributed by atoms with Crippen molar-refractivity contribution >= 4 is 16.9 Å². The number of rotatable bonds is 5. The zero-order valence-corrected chi connectivity index (χ0v) is 12.7. The predicted molar refractivity (Wildman–Crippen MR) is 87.0 cm³/mol. The third kappa shape index (κ3) is 2.85. The summed E-state index contributed by atoms with van der Waals surface area (Å²) in [6.45, 7) is 3.06. The molecule has 0 saturated heterocycles. The molecule has 5 heteroatoms. The summed E-state index contributed by atoms with van der Waals surface area (Å²) in [5, 5.41) is 19.3. The lowest BCUT2D eigenvalue weighted by Crippen LogP contribution is -2.04. The van der Waals surface area contributed by atoms with Gasteiger partial charge in [0.05, 0.1) is 11.3 Å². The SMILES string of the molecule is CCn1c(COc2ccc(O)cc2)cc2c(C(=O)O)cccc21. The number of carboxylic acid groups (broad SMARTS) is 1. The number of aromatic carboxylic acids is 1. The molecule has 2 N–H and O–H groups in total. The molecular weight excluding hydrogens is 294 g/mol. The van der Waals surface area contributed by atoms with E-state index in [1.165, 1.54) is 0 Å². The minimum absolute atomic E-state index is 0.186. The van der Waals surface area contributed by atoms with Crippen molar-refractivity contribution in [3.8, 4) is 11.5 Å². The molecule has 0 spiro atoms. The van der Waals surface area contributed by atoms with Crippen molar-refractivity contribution in [1.82, 2.24) is 4.57 Å². The Kier molecular flexibility index (Phi) is 3.93. The van der Waals surface area contributed by atoms with E-state index in [0.717, 1.165) is 17.8 Å². The van der Waals surface area contributed by atoms with E-state index < -0.39 is 5.97 Å². The van der Waals surface area contributed by atoms with Gasteiger partial charge in [-0.2, -0.15) is 0 Å². The molecule has 1 aromatic heterocycles. The van der Waals surface area contributed by atoms with E-state index in [1.807, 2.05) is 23.6 Å². The second-order valence-electron chi connectivity index (χ2n) is 5.21. The number of aromatic nitrogens is 1. The van der Waals surface area contributed by atoms with Crippen LogP contribution in [0, 0.1) is 0 Å². The molecule has 1 heterocycles. The first-order valence-electron chi connectivity index (χ1n) is 7.36. The third-order valence-corrected chi connectivity index (χ3v) is 3.80. The summed E-state index contributed by atoms with van der Waals surface area (Å²) in [5.74, 6) is -0.102. The highest BCUT2D eigenvalue weighted by atomic mass is 16.5. The van der Waals surface area contributed by atoms with Gasteiger partial charge < -0.3 is 19.5 Å². The van der Waals surface area contributed by atoms with Crippen LogP contribution in [-0.4, -0.2) is 20.7 Å². The lowest BCUT2D eigenvalue weighted by atomic mass is 10.1. The Balaban J connectivity index is 1.95. The number of aromatic hydroxyl groups is 1. The molecule has 0 bridgehead atoms. The Morgan fingerprint density at radius 1 is 1.17 bits per heavy atom. The molecule has 0 aliphatic rings. The lowest BCUT2D eigenvalue weighted by molar-refractivity contribution is 0.0699. The van der Waals surface area contributed by atoms with Crippen molar-refractivity contribution in [2.45, 2.75) is 20.1 Å². The number of carboxylic acids is 1. The Labute approximate surface area is 133 Å². The molecule has 0 atom stereocenters. The van der Waals surface area contributed by atoms with E-state index >= 15 is 0 Å². The smallest absolute Gasteiger partial charge is 0.336 e. The maximum atomic E-state index is 11.4. The largest absolute Gasteiger partial charge is 0.508 e. The van der Waals surface area contributed by atoms with E-state index in [1.54, 1.807) is 36.4 Å². The molecule has 0 radical (unpaired) electrons. The first kappa shape index (κ1) is 15.0. The summed E-state index contributed by atoms with van der Waals surface area (Å²) in [4.78, 5) is 11.4. The fourth-order valence-electron chi connectivity index (χ4n) is 2.72. The van der Waals surface area contributed by atoms with Crippen LogP contribution in [0.2, 0.25) is 0 Å². The summed E-state index contributed by atoms with van der Waals surface area (Å²) in [7, 11) is 0. The molecule has 0 saturated carbocycles. The van der Waals surface area contributed by atoms with Crippen LogP contribution in [0.3, 0.4) is 0 Å². The molecule has 3 aromatic rings. The summed E-state index contributed by atoms with van der Waals surface area (Å²) < 4.78 is 7.78. The van der Waals surface area contributed by atoms with E-state index in [4.69, 9.17) is 4.74 Å². The van der Waals surface area contributed by atoms with Crippen LogP contribution < -0.4 is 4.74 Å². The molecule has 23 heavy (non-hydrogen) atoms. The minimum Gasteiger partial charge on any atom is -0.508 e. The maximum Gasteiger partial charge on any atom is 0.336 e. The fourth-order valence-corrected chi connectivity index (χ4v) is 2.72. The molecule has 0 unspecified atom stereocenters. The minimum atomic E-state index is -0.935. The lowest BCUT2D eigenvalue weighted by Gasteiger charge is -2.10. The number of fused-ring (bicyclic) bond motifs is 1. The fraction of sp³-hybridized carbons (Fsp3) is 0.167. The van der Waals surface area contributed by atoms with Crippen LogP contribution in [0.15, 0.2) is 48.5 Å². The first-order valence-corrected chi connectivity index (χ1v) is 7.36. The van der Waals surface area contributed by atoms with Crippen molar-refractivity contribution in [3.05, 3.63) is 59.8 Å². The van der Waals surface area contributed by atoms with Crippen molar-refractivity contribution in [2.24, 2.45) is 0 Å². The molecule has 2 aromatic carbocycles. The molecular formula is C18H17NO4. The van der Waals surface area contributed by atoms with Gasteiger partial charge in [-0.05, 0) is 49.4 Å². The second-order valence-corrected chi connectivity index (χ2v) is 5.21. The Morgan fingerprint density at radius 2 is 1.91 bits per heavy atom. The van der Waals surface area contributed by atoms with Crippen LogP contribution in [0.1, 0.15) is 23.0 Å². The molecule has 3 rings (SSSR count). The van der Waals surface area contributed by atoms with Crippen LogP contribution in [-0.2, 0) is 13.2 Å². The highest BCUT2D eigenvalue weighted by Gasteiger charge is 2.14. The Morgan fingerprint density at radius 3 is 2.57 bits per heavy atom. The van der Waals surface area contributed by atoms with Crippen LogP contribution in [0.5, 0.6) is 11.5 Å². The van der Waals surface area contributed by atoms with E-state index in [9.17, 15) is 15.0 Å². The number of nitrogens with zero attached hydrogens (tertiary/aromatic N) is 1. The van der Waals surface area contributed by atoms with Gasteiger partial charge in [-0.3, -0.25) is 0 Å². The van der Waals surface area contributed by atoms with Gasteiger partial charge in [0.1, 0.15) is 18.1 Å². The highest BCUT2D eigenvalue weighted by Crippen LogP contribution is 2.25. The standard InChI is InChI=1S/C18H17NO4/c1-2-19-12(11-23-14-8-6-13(20)7-9-14)10-16-15(18(21)22)4-3-5-17(16)19/h3-10,20H,2,11H2,1H3,(H,21,22). The van der Waals surface area contributed by atoms with Crippen molar-refractivity contribution in [3.63, 3.8) is 0 Å². The number of benzene rings is 2. The van der Waals surface area contributed by atoms with E-state index in [2.05, 4.69) is 0 Å². The summed E-state index contributed by atoms with van der Waals surface area (Å²) in [6, 6.07) is 13.6. The molecule has 118 valence electrons. The quantitative estimate of drug-likeness (QED) is 0.754. The first-order chi connectivity index (χ1) is 11.1. The van der Waals surface area contributed by atoms with Crippen LogP contribution in [0.4, 0.5) is 0 Å². The molecule has 0 amide bonds. The van der Waals surface area contributed by atoms with E-state index in [-0.39, 0.29) is 5.75 Å². The van der Waals surface area contributed by atoms with Gasteiger partial charge in [0, 0.05) is 17.4 Å². The van der Waals surface area contributed by atoms with Gasteiger partial charge >= 0.3 is 5.97 Å². The van der Waals surface area contributed by atoms with Crippen LogP contribution >= 0.6 is 0 Å². The average molecular weight is 311 g/mol. The van der Waals surface area contributed by atoms with Crippen molar-refractivity contribution < 1.29 is 19.7 Å². The number of carbonyl (C=O) groups is 1. The third-order valence-electron chi connectivity index (χ3n) is 3.80. The number of phenolic OH excluding ortho intramolecular Hbond substituents is 1. The van der Waals surface area contributed by atoms with Gasteiger partial charge in [-0.1, -0.05) is 6.07 Å². The average Bonchev–Trinajstić information content (AvgIpc) is 2.91. The molecule has 0 aliphatic heterocycles. The zero-order chi connectivity index (χ0) is 16.4. The number of ether oxygens (including phenoxy) is 1. The second kappa shape index (κ2) is 6.04. The monoisotopic (exact) mass is 311 g/mol. The zero-order valence-electron chi connectivity index (χ0n) is 12.7.